The molecule has 1 aromatic heterocycles. The van der Waals surface area contributed by atoms with Crippen LogP contribution in [0.5, 0.6) is 5.75 Å². The molecule has 3 heterocycles. The van der Waals surface area contributed by atoms with E-state index in [1.165, 1.54) is 14.3 Å². The van der Waals surface area contributed by atoms with Crippen LogP contribution in [0.3, 0.4) is 0 Å². The number of aryl methyl sites for hydroxylation is 1. The zero-order valence-corrected chi connectivity index (χ0v) is 26.0. The van der Waals surface area contributed by atoms with Gasteiger partial charge in [-0.3, -0.25) is 9.59 Å². The number of fused-ring (bicyclic) bond motifs is 4. The molecule has 0 bridgehead atoms. The molecular formula is C37H29ClN4O5. The van der Waals surface area contributed by atoms with E-state index >= 15 is 4.79 Å². The number of nitrogens with zero attached hydrogens (tertiary/aromatic N) is 4. The molecule has 0 spiro atoms. The number of hydrogen-bond acceptors (Lipinski definition) is 5. The van der Waals surface area contributed by atoms with Crippen molar-refractivity contribution in [3.8, 4) is 11.4 Å². The summed E-state index contributed by atoms with van der Waals surface area (Å²) in [6, 6.07) is 29.2. The van der Waals surface area contributed by atoms with Crippen LogP contribution in [0.25, 0.3) is 5.69 Å². The molecule has 1 N–H and O–H groups in total. The minimum Gasteiger partial charge on any atom is -0.508 e. The molecule has 5 aromatic rings. The SMILES string of the molecule is Cc1cc(C2C3=CCn4c(=O)n(-c5ccccc5)c(=O)n4C3CC3C(=O)N(c4cccc(Cl)c4)C(=O)C32c2ccccc2)ccc1O. The Balaban J connectivity index is 1.42. The fraction of sp³-hybridized carbons (Fsp3) is 0.189. The first-order valence-corrected chi connectivity index (χ1v) is 15.8. The first kappa shape index (κ1) is 29.0. The number of rotatable bonds is 4. The number of phenols is 1. The van der Waals surface area contributed by atoms with Crippen molar-refractivity contribution in [1.82, 2.24) is 13.9 Å². The number of allylic oxidation sites excluding steroid dienone is 2. The van der Waals surface area contributed by atoms with Crippen molar-refractivity contribution in [2.24, 2.45) is 5.92 Å². The number of carbonyl (C=O) groups is 2. The zero-order chi connectivity index (χ0) is 32.6. The van der Waals surface area contributed by atoms with E-state index < -0.39 is 46.5 Å². The Bertz CT molecular complexity index is 2250. The van der Waals surface area contributed by atoms with Gasteiger partial charge in [0.25, 0.3) is 0 Å². The minimum absolute atomic E-state index is 0.100. The Hall–Kier alpha value is -5.41. The highest BCUT2D eigenvalue weighted by Crippen LogP contribution is 2.62. The number of imide groups is 1. The molecule has 234 valence electrons. The summed E-state index contributed by atoms with van der Waals surface area (Å²) in [7, 11) is 0. The lowest BCUT2D eigenvalue weighted by molar-refractivity contribution is -0.124. The molecule has 2 fully saturated rings. The molecule has 1 saturated heterocycles. The second-order valence-electron chi connectivity index (χ2n) is 12.3. The van der Waals surface area contributed by atoms with Crippen molar-refractivity contribution in [1.29, 1.82) is 0 Å². The molecule has 2 aliphatic heterocycles. The molecule has 4 aromatic carbocycles. The van der Waals surface area contributed by atoms with Crippen molar-refractivity contribution >= 4 is 29.1 Å². The van der Waals surface area contributed by atoms with Crippen LogP contribution in [0.2, 0.25) is 5.02 Å². The van der Waals surface area contributed by atoms with Gasteiger partial charge in [-0.2, -0.15) is 0 Å². The lowest BCUT2D eigenvalue weighted by atomic mass is 9.53. The molecule has 10 heteroatoms. The second-order valence-corrected chi connectivity index (χ2v) is 12.8. The number of anilines is 1. The van der Waals surface area contributed by atoms with Gasteiger partial charge in [-0.15, -0.1) is 0 Å². The van der Waals surface area contributed by atoms with E-state index in [2.05, 4.69) is 0 Å². The quantitative estimate of drug-likeness (QED) is 0.212. The Morgan fingerprint density at radius 2 is 1.51 bits per heavy atom. The van der Waals surface area contributed by atoms with Crippen molar-refractivity contribution < 1.29 is 14.7 Å². The first-order chi connectivity index (χ1) is 22.7. The van der Waals surface area contributed by atoms with E-state index in [0.29, 0.717) is 33.1 Å². The van der Waals surface area contributed by atoms with E-state index in [4.69, 9.17) is 11.6 Å². The van der Waals surface area contributed by atoms with Gasteiger partial charge in [-0.1, -0.05) is 84.4 Å². The maximum absolute atomic E-state index is 15.2. The topological polar surface area (TPSA) is 107 Å². The monoisotopic (exact) mass is 644 g/mol. The smallest absolute Gasteiger partial charge is 0.352 e. The number of para-hydroxylation sites is 1. The average Bonchev–Trinajstić information content (AvgIpc) is 3.47. The van der Waals surface area contributed by atoms with Crippen LogP contribution < -0.4 is 16.3 Å². The van der Waals surface area contributed by atoms with Crippen LogP contribution in [0.15, 0.2) is 124 Å². The molecular weight excluding hydrogens is 616 g/mol. The van der Waals surface area contributed by atoms with Crippen LogP contribution >= 0.6 is 11.6 Å². The molecule has 9 nitrogen and oxygen atoms in total. The number of hydrogen-bond donors (Lipinski definition) is 1. The highest BCUT2D eigenvalue weighted by atomic mass is 35.5. The predicted octanol–water partition coefficient (Wildman–Crippen LogP) is 5.26. The summed E-state index contributed by atoms with van der Waals surface area (Å²) in [5, 5.41) is 10.9. The lowest BCUT2D eigenvalue weighted by Crippen LogP contribution is -2.53. The maximum Gasteiger partial charge on any atom is 0.352 e. The number of aromatic nitrogens is 3. The molecule has 1 aliphatic carbocycles. The largest absolute Gasteiger partial charge is 0.508 e. The number of halogens is 1. The van der Waals surface area contributed by atoms with E-state index in [9.17, 15) is 19.5 Å². The number of benzene rings is 4. The number of aromatic hydroxyl groups is 1. The molecule has 4 unspecified atom stereocenters. The maximum atomic E-state index is 15.2. The summed E-state index contributed by atoms with van der Waals surface area (Å²) < 4.78 is 4.02. The van der Waals surface area contributed by atoms with Crippen molar-refractivity contribution in [3.05, 3.63) is 157 Å². The third-order valence-electron chi connectivity index (χ3n) is 10.00. The van der Waals surface area contributed by atoms with Crippen LogP contribution in [0.1, 0.15) is 35.1 Å². The van der Waals surface area contributed by atoms with Crippen molar-refractivity contribution in [2.75, 3.05) is 4.90 Å². The average molecular weight is 645 g/mol. The van der Waals surface area contributed by atoms with Crippen LogP contribution in [0.4, 0.5) is 5.69 Å². The van der Waals surface area contributed by atoms with Crippen molar-refractivity contribution in [2.45, 2.75) is 37.3 Å². The molecule has 47 heavy (non-hydrogen) atoms. The van der Waals surface area contributed by atoms with Gasteiger partial charge in [0.15, 0.2) is 0 Å². The summed E-state index contributed by atoms with van der Waals surface area (Å²) >= 11 is 6.37. The van der Waals surface area contributed by atoms with Gasteiger partial charge in [0.1, 0.15) is 5.75 Å². The standard InChI is InChI=1S/C37H29ClN4O5/c1-22-19-23(15-16-31(22)43)32-28-17-18-39-35(46)41(26-12-6-3-7-13-26)36(47)42(39)30(28)21-29-33(44)40(27-14-8-11-25(38)20-27)34(45)37(29,32)24-9-4-2-5-10-24/h2-17,19-20,29-30,32,43H,18,21H2,1H3. The summed E-state index contributed by atoms with van der Waals surface area (Å²) in [6.45, 7) is 1.88. The molecule has 8 rings (SSSR count). The lowest BCUT2D eigenvalue weighted by Gasteiger charge is -2.49. The van der Waals surface area contributed by atoms with Gasteiger partial charge in [-0.25, -0.2) is 28.4 Å². The van der Waals surface area contributed by atoms with Gasteiger partial charge in [0, 0.05) is 10.9 Å². The van der Waals surface area contributed by atoms with Gasteiger partial charge in [0.2, 0.25) is 11.8 Å². The summed E-state index contributed by atoms with van der Waals surface area (Å²) in [5.74, 6) is -2.33. The van der Waals surface area contributed by atoms with Crippen molar-refractivity contribution in [3.63, 3.8) is 0 Å². The fourth-order valence-corrected chi connectivity index (χ4v) is 8.22. The Labute approximate surface area is 274 Å². The number of carbonyl (C=O) groups excluding carboxylic acids is 2. The summed E-state index contributed by atoms with van der Waals surface area (Å²) in [4.78, 5) is 59.1. The van der Waals surface area contributed by atoms with Crippen LogP contribution in [0, 0.1) is 12.8 Å². The molecule has 0 radical (unpaired) electrons. The van der Waals surface area contributed by atoms with E-state index in [1.54, 1.807) is 67.6 Å². The van der Waals surface area contributed by atoms with Gasteiger partial charge >= 0.3 is 11.4 Å². The van der Waals surface area contributed by atoms with Gasteiger partial charge in [-0.05, 0) is 72.0 Å². The Morgan fingerprint density at radius 1 is 0.809 bits per heavy atom. The summed E-state index contributed by atoms with van der Waals surface area (Å²) in [5.41, 5.74) is 1.14. The molecule has 2 amide bonds. The zero-order valence-electron chi connectivity index (χ0n) is 25.3. The molecule has 1 saturated carbocycles. The Morgan fingerprint density at radius 3 is 2.21 bits per heavy atom. The van der Waals surface area contributed by atoms with Crippen LogP contribution in [-0.2, 0) is 21.5 Å². The first-order valence-electron chi connectivity index (χ1n) is 15.4. The fourth-order valence-electron chi connectivity index (χ4n) is 8.04. The van der Waals surface area contributed by atoms with E-state index in [-0.39, 0.29) is 18.7 Å². The minimum atomic E-state index is -1.40. The normalized spacial score (nSPS) is 23.2. The highest BCUT2D eigenvalue weighted by Gasteiger charge is 2.68. The third kappa shape index (κ3) is 4.02. The van der Waals surface area contributed by atoms with Gasteiger partial charge < -0.3 is 5.11 Å². The second kappa shape index (κ2) is 10.6. The number of amides is 2. The van der Waals surface area contributed by atoms with Gasteiger partial charge in [0.05, 0.1) is 35.3 Å². The van der Waals surface area contributed by atoms with E-state index in [1.807, 2.05) is 48.5 Å². The molecule has 3 aliphatic rings. The third-order valence-corrected chi connectivity index (χ3v) is 10.2. The Kier molecular flexibility index (Phi) is 6.53. The highest BCUT2D eigenvalue weighted by molar-refractivity contribution is 6.32. The van der Waals surface area contributed by atoms with E-state index in [0.717, 1.165) is 10.1 Å². The predicted molar refractivity (Wildman–Crippen MR) is 177 cm³/mol. The number of phenolic OH excluding ortho intramolecular Hbond substituents is 1. The molecule has 4 atom stereocenters. The van der Waals surface area contributed by atoms with Crippen LogP contribution in [-0.4, -0.2) is 30.9 Å². The summed E-state index contributed by atoms with van der Waals surface area (Å²) in [6.07, 6.45) is 2.03.